The van der Waals surface area contributed by atoms with Gasteiger partial charge in [0.2, 0.25) is 0 Å². The summed E-state index contributed by atoms with van der Waals surface area (Å²) in [6.07, 6.45) is 7.07. The summed E-state index contributed by atoms with van der Waals surface area (Å²) >= 11 is 0. The lowest BCUT2D eigenvalue weighted by Gasteiger charge is -2.06. The van der Waals surface area contributed by atoms with Crippen LogP contribution in [0.5, 0.6) is 0 Å². The molecule has 0 saturated carbocycles. The average Bonchev–Trinajstić information content (AvgIpc) is 2.04. The van der Waals surface area contributed by atoms with Crippen LogP contribution in [0.2, 0.25) is 0 Å². The Kier molecular flexibility index (Phi) is 2.94. The molecular formula is C12H14. The van der Waals surface area contributed by atoms with Crippen molar-refractivity contribution in [1.29, 1.82) is 0 Å². The lowest BCUT2D eigenvalue weighted by atomic mass is 9.99. The van der Waals surface area contributed by atoms with Gasteiger partial charge < -0.3 is 0 Å². The third kappa shape index (κ3) is 1.89. The van der Waals surface area contributed by atoms with E-state index in [9.17, 15) is 0 Å². The second kappa shape index (κ2) is 3.97. The van der Waals surface area contributed by atoms with E-state index in [1.165, 1.54) is 16.7 Å². The van der Waals surface area contributed by atoms with Gasteiger partial charge in [-0.3, -0.25) is 0 Å². The monoisotopic (exact) mass is 158 g/mol. The summed E-state index contributed by atoms with van der Waals surface area (Å²) in [6, 6.07) is 6.36. The SMILES string of the molecule is C#CCCc1c(C)cccc1C. The third-order valence-electron chi connectivity index (χ3n) is 2.16. The minimum absolute atomic E-state index is 0.839. The van der Waals surface area contributed by atoms with Crippen LogP contribution in [0.15, 0.2) is 18.2 Å². The highest BCUT2D eigenvalue weighted by atomic mass is 14.0. The summed E-state index contributed by atoms with van der Waals surface area (Å²) in [5.41, 5.74) is 4.12. The molecule has 0 N–H and O–H groups in total. The van der Waals surface area contributed by atoms with Crippen LogP contribution >= 0.6 is 0 Å². The van der Waals surface area contributed by atoms with Crippen LogP contribution in [0, 0.1) is 26.2 Å². The quantitative estimate of drug-likeness (QED) is 0.580. The van der Waals surface area contributed by atoms with Crippen molar-refractivity contribution in [2.75, 3.05) is 0 Å². The summed E-state index contributed by atoms with van der Waals surface area (Å²) in [5, 5.41) is 0. The standard InChI is InChI=1S/C12H14/c1-4-5-9-12-10(2)7-6-8-11(12)3/h1,6-8H,5,9H2,2-3H3. The van der Waals surface area contributed by atoms with Crippen molar-refractivity contribution < 1.29 is 0 Å². The fourth-order valence-electron chi connectivity index (χ4n) is 1.44. The lowest BCUT2D eigenvalue weighted by molar-refractivity contribution is 0.995. The van der Waals surface area contributed by atoms with Gasteiger partial charge in [0.15, 0.2) is 0 Å². The fourth-order valence-corrected chi connectivity index (χ4v) is 1.44. The van der Waals surface area contributed by atoms with Crippen LogP contribution in [0.1, 0.15) is 23.1 Å². The van der Waals surface area contributed by atoms with E-state index in [4.69, 9.17) is 6.42 Å². The van der Waals surface area contributed by atoms with E-state index in [-0.39, 0.29) is 0 Å². The minimum atomic E-state index is 0.839. The molecule has 0 aliphatic heterocycles. The Labute approximate surface area is 74.6 Å². The zero-order chi connectivity index (χ0) is 8.97. The molecule has 0 heteroatoms. The van der Waals surface area contributed by atoms with Crippen LogP contribution in [0.25, 0.3) is 0 Å². The van der Waals surface area contributed by atoms with Crippen molar-refractivity contribution in [2.45, 2.75) is 26.7 Å². The molecule has 62 valence electrons. The molecule has 0 spiro atoms. The van der Waals surface area contributed by atoms with E-state index in [0.29, 0.717) is 0 Å². The Bertz CT molecular complexity index is 282. The highest BCUT2D eigenvalue weighted by Gasteiger charge is 1.99. The fraction of sp³-hybridized carbons (Fsp3) is 0.333. The normalized spacial score (nSPS) is 9.42. The maximum Gasteiger partial charge on any atom is 0.0127 e. The number of rotatable bonds is 2. The summed E-state index contributed by atoms with van der Waals surface area (Å²) in [6.45, 7) is 4.28. The van der Waals surface area contributed by atoms with E-state index in [0.717, 1.165) is 12.8 Å². The molecule has 0 aliphatic carbocycles. The molecule has 0 radical (unpaired) electrons. The molecule has 0 aromatic heterocycles. The van der Waals surface area contributed by atoms with Crippen molar-refractivity contribution in [1.82, 2.24) is 0 Å². The summed E-state index contributed by atoms with van der Waals surface area (Å²) in [5.74, 6) is 2.67. The molecular weight excluding hydrogens is 144 g/mol. The molecule has 1 rings (SSSR count). The summed E-state index contributed by atoms with van der Waals surface area (Å²) in [4.78, 5) is 0. The first-order valence-corrected chi connectivity index (χ1v) is 4.24. The van der Waals surface area contributed by atoms with E-state index in [2.05, 4.69) is 38.0 Å². The molecule has 0 aliphatic rings. The van der Waals surface area contributed by atoms with Crippen LogP contribution in [-0.2, 0) is 6.42 Å². The predicted octanol–water partition coefficient (Wildman–Crippen LogP) is 2.87. The van der Waals surface area contributed by atoms with Gasteiger partial charge in [0.05, 0.1) is 0 Å². The number of benzene rings is 1. The number of aryl methyl sites for hydroxylation is 2. The smallest absolute Gasteiger partial charge is 0.0127 e. The van der Waals surface area contributed by atoms with E-state index in [1.54, 1.807) is 0 Å². The zero-order valence-electron chi connectivity index (χ0n) is 7.72. The average molecular weight is 158 g/mol. The molecule has 1 aromatic carbocycles. The van der Waals surface area contributed by atoms with Crippen LogP contribution in [0.3, 0.4) is 0 Å². The first-order chi connectivity index (χ1) is 5.75. The molecule has 0 nitrogen and oxygen atoms in total. The van der Waals surface area contributed by atoms with Gasteiger partial charge in [0.25, 0.3) is 0 Å². The van der Waals surface area contributed by atoms with Gasteiger partial charge in [-0.25, -0.2) is 0 Å². The predicted molar refractivity (Wildman–Crippen MR) is 53.1 cm³/mol. The molecule has 0 saturated heterocycles. The van der Waals surface area contributed by atoms with Gasteiger partial charge in [-0.2, -0.15) is 0 Å². The van der Waals surface area contributed by atoms with Crippen LogP contribution in [-0.4, -0.2) is 0 Å². The molecule has 0 amide bonds. The Morgan fingerprint density at radius 2 is 1.83 bits per heavy atom. The molecule has 0 bridgehead atoms. The van der Waals surface area contributed by atoms with E-state index < -0.39 is 0 Å². The number of hydrogen-bond acceptors (Lipinski definition) is 0. The van der Waals surface area contributed by atoms with Gasteiger partial charge >= 0.3 is 0 Å². The Morgan fingerprint density at radius 1 is 1.25 bits per heavy atom. The van der Waals surface area contributed by atoms with Gasteiger partial charge in [0, 0.05) is 6.42 Å². The van der Waals surface area contributed by atoms with Gasteiger partial charge in [-0.05, 0) is 37.0 Å². The lowest BCUT2D eigenvalue weighted by Crippen LogP contribution is -1.92. The molecule has 0 fully saturated rings. The highest BCUT2D eigenvalue weighted by molar-refractivity contribution is 5.33. The molecule has 0 heterocycles. The van der Waals surface area contributed by atoms with E-state index in [1.807, 2.05) is 0 Å². The molecule has 12 heavy (non-hydrogen) atoms. The zero-order valence-corrected chi connectivity index (χ0v) is 7.72. The Morgan fingerprint density at radius 3 is 2.33 bits per heavy atom. The molecule has 0 atom stereocenters. The maximum atomic E-state index is 5.23. The first kappa shape index (κ1) is 8.87. The minimum Gasteiger partial charge on any atom is -0.120 e. The van der Waals surface area contributed by atoms with Crippen molar-refractivity contribution in [2.24, 2.45) is 0 Å². The highest BCUT2D eigenvalue weighted by Crippen LogP contribution is 2.14. The van der Waals surface area contributed by atoms with Gasteiger partial charge in [-0.1, -0.05) is 18.2 Å². The van der Waals surface area contributed by atoms with Gasteiger partial charge in [0.1, 0.15) is 0 Å². The maximum absolute atomic E-state index is 5.23. The van der Waals surface area contributed by atoms with Crippen molar-refractivity contribution >= 4 is 0 Å². The largest absolute Gasteiger partial charge is 0.120 e. The molecule has 1 aromatic rings. The van der Waals surface area contributed by atoms with Gasteiger partial charge in [-0.15, -0.1) is 12.3 Å². The number of hydrogen-bond donors (Lipinski definition) is 0. The topological polar surface area (TPSA) is 0 Å². The first-order valence-electron chi connectivity index (χ1n) is 4.24. The summed E-state index contributed by atoms with van der Waals surface area (Å²) < 4.78 is 0. The Balaban J connectivity index is 2.90. The second-order valence-corrected chi connectivity index (χ2v) is 3.07. The summed E-state index contributed by atoms with van der Waals surface area (Å²) in [7, 11) is 0. The van der Waals surface area contributed by atoms with Crippen molar-refractivity contribution in [3.05, 3.63) is 34.9 Å². The second-order valence-electron chi connectivity index (χ2n) is 3.07. The van der Waals surface area contributed by atoms with E-state index >= 15 is 0 Å². The van der Waals surface area contributed by atoms with Crippen molar-refractivity contribution in [3.8, 4) is 12.3 Å². The Hall–Kier alpha value is -1.22. The van der Waals surface area contributed by atoms with Crippen LogP contribution < -0.4 is 0 Å². The molecule has 0 unspecified atom stereocenters. The third-order valence-corrected chi connectivity index (χ3v) is 2.16. The van der Waals surface area contributed by atoms with Crippen LogP contribution in [0.4, 0.5) is 0 Å². The number of terminal acetylenes is 1. The van der Waals surface area contributed by atoms with Crippen molar-refractivity contribution in [3.63, 3.8) is 0 Å².